The molecule has 36 heavy (non-hydrogen) atoms. The Bertz CT molecular complexity index is 1390. The molecule has 4 aromatic rings. The monoisotopic (exact) mass is 485 g/mol. The summed E-state index contributed by atoms with van der Waals surface area (Å²) in [6.07, 6.45) is 5.67. The van der Waals surface area contributed by atoms with Gasteiger partial charge in [0.1, 0.15) is 5.82 Å². The topological polar surface area (TPSA) is 103 Å². The maximum atomic E-state index is 13.8. The summed E-state index contributed by atoms with van der Waals surface area (Å²) in [5.41, 5.74) is 10.5. The first-order valence-electron chi connectivity index (χ1n) is 12.3. The summed E-state index contributed by atoms with van der Waals surface area (Å²) in [6.45, 7) is 2.95. The number of benzene rings is 2. The lowest BCUT2D eigenvalue weighted by molar-refractivity contribution is -0.133. The first-order valence-corrected chi connectivity index (χ1v) is 12.3. The number of hydrogen-bond donors (Lipinski definition) is 3. The van der Waals surface area contributed by atoms with Crippen molar-refractivity contribution in [1.82, 2.24) is 19.9 Å². The second kappa shape index (κ2) is 9.23. The maximum Gasteiger partial charge on any atom is 0.239 e. The average molecular weight is 486 g/mol. The molecule has 3 heterocycles. The molecule has 0 bridgehead atoms. The van der Waals surface area contributed by atoms with Crippen LogP contribution in [0.5, 0.6) is 0 Å². The van der Waals surface area contributed by atoms with E-state index in [1.807, 2.05) is 29.3 Å². The number of carbonyl (C=O) groups excluding carboxylic acids is 1. The molecule has 0 radical (unpaired) electrons. The van der Waals surface area contributed by atoms with Crippen LogP contribution in [0.4, 0.5) is 21.7 Å². The average Bonchev–Trinajstić information content (AvgIpc) is 3.68. The van der Waals surface area contributed by atoms with E-state index in [-0.39, 0.29) is 17.8 Å². The van der Waals surface area contributed by atoms with Crippen LogP contribution in [-0.2, 0) is 4.79 Å². The van der Waals surface area contributed by atoms with Gasteiger partial charge >= 0.3 is 0 Å². The summed E-state index contributed by atoms with van der Waals surface area (Å²) >= 11 is 0. The molecule has 0 unspecified atom stereocenters. The van der Waals surface area contributed by atoms with Gasteiger partial charge in [0.2, 0.25) is 11.9 Å². The van der Waals surface area contributed by atoms with Crippen LogP contribution < -0.4 is 16.0 Å². The third kappa shape index (κ3) is 4.49. The lowest BCUT2D eigenvalue weighted by Crippen LogP contribution is -2.53. The predicted octanol–water partition coefficient (Wildman–Crippen LogP) is 3.89. The minimum absolute atomic E-state index is 0.0942. The largest absolute Gasteiger partial charge is 0.368 e. The van der Waals surface area contributed by atoms with Crippen molar-refractivity contribution in [2.24, 2.45) is 11.7 Å². The number of carbonyl (C=O) groups is 1. The number of fused-ring (bicyclic) bond motifs is 1. The SMILES string of the molecule is N[C@H](C(=O)N1CCN(c2ccc(Nc3nccc(-c4c[nH]c5ccc(F)cc45)n3)cc2)CC1)C1CC1. The summed E-state index contributed by atoms with van der Waals surface area (Å²) in [5.74, 6) is 0.651. The number of piperazine rings is 1. The third-order valence-electron chi connectivity index (χ3n) is 7.07. The van der Waals surface area contributed by atoms with Crippen LogP contribution >= 0.6 is 0 Å². The number of H-pyrrole nitrogens is 1. The van der Waals surface area contributed by atoms with Gasteiger partial charge in [-0.25, -0.2) is 14.4 Å². The molecular formula is C27H28FN7O. The van der Waals surface area contributed by atoms with Crippen molar-refractivity contribution in [3.8, 4) is 11.3 Å². The summed E-state index contributed by atoms with van der Waals surface area (Å²) in [7, 11) is 0. The fourth-order valence-corrected chi connectivity index (χ4v) is 4.81. The molecule has 1 amide bonds. The summed E-state index contributed by atoms with van der Waals surface area (Å²) in [6, 6.07) is 14.2. The number of anilines is 3. The zero-order valence-corrected chi connectivity index (χ0v) is 19.8. The van der Waals surface area contributed by atoms with Gasteiger partial charge in [-0.05, 0) is 67.3 Å². The van der Waals surface area contributed by atoms with E-state index in [2.05, 4.69) is 37.3 Å². The normalized spacial score (nSPS) is 16.8. The Morgan fingerprint density at radius 1 is 1.08 bits per heavy atom. The first-order chi connectivity index (χ1) is 17.5. The van der Waals surface area contributed by atoms with Crippen molar-refractivity contribution in [3.63, 3.8) is 0 Å². The molecule has 2 aromatic carbocycles. The van der Waals surface area contributed by atoms with E-state index in [0.29, 0.717) is 30.6 Å². The summed E-state index contributed by atoms with van der Waals surface area (Å²) < 4.78 is 13.8. The standard InChI is InChI=1S/C27H28FN7O/c28-18-3-8-23-21(15-18)22(16-31-23)24-9-10-30-27(33-24)32-19-4-6-20(7-5-19)34-11-13-35(14-12-34)26(36)25(29)17-1-2-17/h3-10,15-17,25,31H,1-2,11-14,29H2,(H,30,32,33)/t25-/m0/s1. The highest BCUT2D eigenvalue weighted by atomic mass is 19.1. The minimum Gasteiger partial charge on any atom is -0.368 e. The van der Waals surface area contributed by atoms with Crippen molar-refractivity contribution in [3.05, 3.63) is 66.7 Å². The number of aromatic amines is 1. The second-order valence-corrected chi connectivity index (χ2v) is 9.51. The van der Waals surface area contributed by atoms with Gasteiger partial charge in [-0.15, -0.1) is 0 Å². The van der Waals surface area contributed by atoms with E-state index in [1.165, 1.54) is 12.1 Å². The molecule has 8 nitrogen and oxygen atoms in total. The Labute approximate surface area is 208 Å². The fraction of sp³-hybridized carbons (Fsp3) is 0.296. The van der Waals surface area contributed by atoms with E-state index < -0.39 is 0 Å². The van der Waals surface area contributed by atoms with Crippen LogP contribution in [0.1, 0.15) is 12.8 Å². The molecule has 9 heteroatoms. The number of rotatable bonds is 6. The Balaban J connectivity index is 1.10. The maximum absolute atomic E-state index is 13.8. The van der Waals surface area contributed by atoms with Gasteiger partial charge in [-0.2, -0.15) is 0 Å². The quantitative estimate of drug-likeness (QED) is 0.383. The van der Waals surface area contributed by atoms with Gasteiger partial charge in [0, 0.05) is 66.4 Å². The number of hydrogen-bond acceptors (Lipinski definition) is 6. The number of nitrogens with one attached hydrogen (secondary N) is 2. The van der Waals surface area contributed by atoms with Crippen LogP contribution in [-0.4, -0.2) is 58.0 Å². The number of halogens is 1. The van der Waals surface area contributed by atoms with Gasteiger partial charge in [0.15, 0.2) is 0 Å². The van der Waals surface area contributed by atoms with Gasteiger partial charge in [-0.3, -0.25) is 4.79 Å². The zero-order chi connectivity index (χ0) is 24.6. The van der Waals surface area contributed by atoms with Crippen molar-refractivity contribution < 1.29 is 9.18 Å². The number of nitrogens with zero attached hydrogens (tertiary/aromatic N) is 4. The fourth-order valence-electron chi connectivity index (χ4n) is 4.81. The number of amides is 1. The molecule has 2 aromatic heterocycles. The molecule has 4 N–H and O–H groups in total. The lowest BCUT2D eigenvalue weighted by Gasteiger charge is -2.37. The molecule has 6 rings (SSSR count). The summed E-state index contributed by atoms with van der Waals surface area (Å²) in [5, 5.41) is 4.03. The molecule has 2 fully saturated rings. The Kier molecular flexibility index (Phi) is 5.77. The molecule has 184 valence electrons. The van der Waals surface area contributed by atoms with E-state index >= 15 is 0 Å². The Morgan fingerprint density at radius 3 is 2.61 bits per heavy atom. The molecule has 1 aliphatic carbocycles. The van der Waals surface area contributed by atoms with Crippen LogP contribution in [0.15, 0.2) is 60.9 Å². The Morgan fingerprint density at radius 2 is 1.86 bits per heavy atom. The number of nitrogens with two attached hydrogens (primary N) is 1. The van der Waals surface area contributed by atoms with E-state index in [1.54, 1.807) is 12.3 Å². The predicted molar refractivity (Wildman–Crippen MR) is 138 cm³/mol. The van der Waals surface area contributed by atoms with Crippen molar-refractivity contribution in [1.29, 1.82) is 0 Å². The Hall–Kier alpha value is -3.98. The van der Waals surface area contributed by atoms with Gasteiger partial charge in [-0.1, -0.05) is 0 Å². The molecule has 1 atom stereocenters. The molecule has 1 aliphatic heterocycles. The lowest BCUT2D eigenvalue weighted by atomic mass is 10.1. The van der Waals surface area contributed by atoms with Crippen molar-refractivity contribution >= 4 is 34.1 Å². The van der Waals surface area contributed by atoms with Crippen molar-refractivity contribution in [2.75, 3.05) is 36.4 Å². The zero-order valence-electron chi connectivity index (χ0n) is 19.8. The third-order valence-corrected chi connectivity index (χ3v) is 7.07. The molecule has 1 saturated heterocycles. The van der Waals surface area contributed by atoms with Crippen LogP contribution in [0.2, 0.25) is 0 Å². The highest BCUT2D eigenvalue weighted by molar-refractivity contribution is 5.94. The van der Waals surface area contributed by atoms with E-state index in [4.69, 9.17) is 5.73 Å². The summed E-state index contributed by atoms with van der Waals surface area (Å²) in [4.78, 5) is 28.9. The first kappa shape index (κ1) is 22.5. The highest BCUT2D eigenvalue weighted by Gasteiger charge is 2.36. The smallest absolute Gasteiger partial charge is 0.239 e. The molecule has 2 aliphatic rings. The van der Waals surface area contributed by atoms with Crippen molar-refractivity contribution in [2.45, 2.75) is 18.9 Å². The molecule has 0 spiro atoms. The molecular weight excluding hydrogens is 457 g/mol. The van der Waals surface area contributed by atoms with E-state index in [9.17, 15) is 9.18 Å². The van der Waals surface area contributed by atoms with Crippen LogP contribution in [0, 0.1) is 11.7 Å². The highest BCUT2D eigenvalue weighted by Crippen LogP contribution is 2.33. The second-order valence-electron chi connectivity index (χ2n) is 9.51. The van der Waals surface area contributed by atoms with Gasteiger partial charge in [0.05, 0.1) is 11.7 Å². The number of aromatic nitrogens is 3. The van der Waals surface area contributed by atoms with Gasteiger partial charge < -0.3 is 25.8 Å². The molecule has 1 saturated carbocycles. The van der Waals surface area contributed by atoms with E-state index in [0.717, 1.165) is 53.8 Å². The van der Waals surface area contributed by atoms with Crippen LogP contribution in [0.3, 0.4) is 0 Å². The van der Waals surface area contributed by atoms with Gasteiger partial charge in [0.25, 0.3) is 0 Å². The minimum atomic E-state index is -0.334. The van der Waals surface area contributed by atoms with Crippen LogP contribution in [0.25, 0.3) is 22.2 Å².